The number of halogens is 2. The first kappa shape index (κ1) is 17.8. The van der Waals surface area contributed by atoms with Gasteiger partial charge in [0.05, 0.1) is 12.1 Å². The molecule has 1 aromatic carbocycles. The Morgan fingerprint density at radius 1 is 1.48 bits per heavy atom. The third-order valence-corrected chi connectivity index (χ3v) is 3.80. The molecule has 2 aromatic rings. The molecule has 0 unspecified atom stereocenters. The fourth-order valence-electron chi connectivity index (χ4n) is 2.42. The second-order valence-electron chi connectivity index (χ2n) is 4.96. The highest BCUT2D eigenvalue weighted by molar-refractivity contribution is 14.0. The van der Waals surface area contributed by atoms with Gasteiger partial charge in [0.25, 0.3) is 0 Å². The van der Waals surface area contributed by atoms with E-state index >= 15 is 0 Å². The molecule has 1 aliphatic heterocycles. The molecule has 9 heteroatoms. The maximum absolute atomic E-state index is 6.07. The van der Waals surface area contributed by atoms with Crippen LogP contribution in [0.3, 0.4) is 0 Å². The lowest BCUT2D eigenvalue weighted by Gasteiger charge is -2.08. The van der Waals surface area contributed by atoms with E-state index in [0.717, 1.165) is 36.7 Å². The van der Waals surface area contributed by atoms with Gasteiger partial charge in [0, 0.05) is 18.7 Å². The summed E-state index contributed by atoms with van der Waals surface area (Å²) in [5, 5.41) is 11.8. The van der Waals surface area contributed by atoms with Gasteiger partial charge in [0.2, 0.25) is 0 Å². The fraction of sp³-hybridized carbons (Fsp3) is 0.357. The molecule has 0 fully saturated rings. The van der Waals surface area contributed by atoms with Crippen LogP contribution in [-0.2, 0) is 19.5 Å². The van der Waals surface area contributed by atoms with Crippen molar-refractivity contribution in [2.24, 2.45) is 10.7 Å². The highest BCUT2D eigenvalue weighted by atomic mass is 127. The van der Waals surface area contributed by atoms with Gasteiger partial charge >= 0.3 is 0 Å². The SMILES string of the molecule is COc1ccc(NC(N)=NCc2nnc3n2CCC3)cc1Cl.I. The molecule has 23 heavy (non-hydrogen) atoms. The second kappa shape index (κ2) is 7.82. The summed E-state index contributed by atoms with van der Waals surface area (Å²) in [6, 6.07) is 5.32. The molecule has 0 saturated carbocycles. The van der Waals surface area contributed by atoms with Crippen molar-refractivity contribution in [3.8, 4) is 5.75 Å². The number of aryl methyl sites for hydroxylation is 1. The molecule has 0 spiro atoms. The fourth-order valence-corrected chi connectivity index (χ4v) is 2.67. The third kappa shape index (κ3) is 4.05. The number of rotatable bonds is 4. The quantitative estimate of drug-likeness (QED) is 0.426. The number of hydrogen-bond donors (Lipinski definition) is 2. The normalized spacial score (nSPS) is 13.4. The zero-order valence-electron chi connectivity index (χ0n) is 12.6. The number of aliphatic imine (C=N–C) groups is 1. The van der Waals surface area contributed by atoms with E-state index in [4.69, 9.17) is 22.1 Å². The van der Waals surface area contributed by atoms with Gasteiger partial charge in [0.1, 0.15) is 18.1 Å². The van der Waals surface area contributed by atoms with Crippen LogP contribution in [0, 0.1) is 0 Å². The smallest absolute Gasteiger partial charge is 0.193 e. The van der Waals surface area contributed by atoms with E-state index in [9.17, 15) is 0 Å². The maximum atomic E-state index is 6.07. The average Bonchev–Trinajstić information content (AvgIpc) is 3.09. The summed E-state index contributed by atoms with van der Waals surface area (Å²) in [4.78, 5) is 4.30. The van der Waals surface area contributed by atoms with E-state index in [1.165, 1.54) is 0 Å². The summed E-state index contributed by atoms with van der Waals surface area (Å²) in [6.07, 6.45) is 2.09. The van der Waals surface area contributed by atoms with Crippen molar-refractivity contribution in [2.45, 2.75) is 25.9 Å². The minimum absolute atomic E-state index is 0. The van der Waals surface area contributed by atoms with Crippen LogP contribution in [0.5, 0.6) is 5.75 Å². The van der Waals surface area contributed by atoms with Crippen LogP contribution < -0.4 is 15.8 Å². The van der Waals surface area contributed by atoms with Gasteiger partial charge in [-0.1, -0.05) is 11.6 Å². The number of methoxy groups -OCH3 is 1. The molecule has 0 aliphatic carbocycles. The lowest BCUT2D eigenvalue weighted by molar-refractivity contribution is 0.415. The minimum atomic E-state index is 0. The van der Waals surface area contributed by atoms with Crippen LogP contribution in [0.2, 0.25) is 5.02 Å². The monoisotopic (exact) mass is 448 g/mol. The summed E-state index contributed by atoms with van der Waals surface area (Å²) in [5.41, 5.74) is 6.64. The van der Waals surface area contributed by atoms with E-state index in [0.29, 0.717) is 23.3 Å². The van der Waals surface area contributed by atoms with E-state index in [2.05, 4.69) is 25.1 Å². The standard InChI is InChI=1S/C14H17ClN6O.HI/c1-22-11-5-4-9(7-10(11)15)18-14(16)17-8-13-20-19-12-3-2-6-21(12)13;/h4-5,7H,2-3,6,8H2,1H3,(H3,16,17,18);1H. The number of anilines is 1. The van der Waals surface area contributed by atoms with Crippen LogP contribution in [-0.4, -0.2) is 27.8 Å². The predicted octanol–water partition coefficient (Wildman–Crippen LogP) is 2.43. The predicted molar refractivity (Wildman–Crippen MR) is 101 cm³/mol. The van der Waals surface area contributed by atoms with Crippen LogP contribution in [0.25, 0.3) is 0 Å². The number of aromatic nitrogens is 3. The van der Waals surface area contributed by atoms with Crippen LogP contribution in [0.4, 0.5) is 5.69 Å². The Labute approximate surface area is 156 Å². The Morgan fingerprint density at radius 2 is 2.30 bits per heavy atom. The van der Waals surface area contributed by atoms with Crippen molar-refractivity contribution in [3.63, 3.8) is 0 Å². The number of guanidine groups is 1. The summed E-state index contributed by atoms with van der Waals surface area (Å²) < 4.78 is 7.20. The summed E-state index contributed by atoms with van der Waals surface area (Å²) >= 11 is 6.07. The molecule has 0 atom stereocenters. The third-order valence-electron chi connectivity index (χ3n) is 3.50. The minimum Gasteiger partial charge on any atom is -0.495 e. The number of nitrogens with two attached hydrogens (primary N) is 1. The van der Waals surface area contributed by atoms with Gasteiger partial charge in [-0.05, 0) is 24.6 Å². The van der Waals surface area contributed by atoms with E-state index in [-0.39, 0.29) is 24.0 Å². The number of hydrogen-bond acceptors (Lipinski definition) is 4. The lowest BCUT2D eigenvalue weighted by atomic mass is 10.3. The molecule has 0 radical (unpaired) electrons. The molecule has 1 aromatic heterocycles. The molecule has 3 N–H and O–H groups in total. The van der Waals surface area contributed by atoms with Crippen molar-refractivity contribution in [2.75, 3.05) is 12.4 Å². The van der Waals surface area contributed by atoms with Crippen LogP contribution in [0.1, 0.15) is 18.1 Å². The number of ether oxygens (including phenoxy) is 1. The highest BCUT2D eigenvalue weighted by Gasteiger charge is 2.16. The second-order valence-corrected chi connectivity index (χ2v) is 5.37. The summed E-state index contributed by atoms with van der Waals surface area (Å²) in [6.45, 7) is 1.35. The maximum Gasteiger partial charge on any atom is 0.193 e. The van der Waals surface area contributed by atoms with Gasteiger partial charge in [-0.3, -0.25) is 0 Å². The van der Waals surface area contributed by atoms with Gasteiger partial charge in [-0.2, -0.15) is 0 Å². The topological polar surface area (TPSA) is 90.3 Å². The van der Waals surface area contributed by atoms with Crippen molar-refractivity contribution < 1.29 is 4.74 Å². The first-order valence-electron chi connectivity index (χ1n) is 6.99. The van der Waals surface area contributed by atoms with Crippen molar-refractivity contribution in [3.05, 3.63) is 34.9 Å². The molecule has 124 valence electrons. The molecule has 0 bridgehead atoms. The molecule has 7 nitrogen and oxygen atoms in total. The first-order valence-corrected chi connectivity index (χ1v) is 7.36. The Kier molecular flexibility index (Phi) is 6.05. The number of fused-ring (bicyclic) bond motifs is 1. The molecule has 0 amide bonds. The highest BCUT2D eigenvalue weighted by Crippen LogP contribution is 2.27. The largest absolute Gasteiger partial charge is 0.495 e. The zero-order chi connectivity index (χ0) is 15.5. The lowest BCUT2D eigenvalue weighted by Crippen LogP contribution is -2.22. The molecule has 0 saturated heterocycles. The van der Waals surface area contributed by atoms with Gasteiger partial charge in [0.15, 0.2) is 11.8 Å². The zero-order valence-corrected chi connectivity index (χ0v) is 15.7. The number of nitrogens with one attached hydrogen (secondary N) is 1. The molecule has 3 rings (SSSR count). The summed E-state index contributed by atoms with van der Waals surface area (Å²) in [7, 11) is 1.57. The van der Waals surface area contributed by atoms with Crippen molar-refractivity contribution >= 4 is 47.2 Å². The Hall–Kier alpha value is -1.55. The van der Waals surface area contributed by atoms with Crippen molar-refractivity contribution in [1.82, 2.24) is 14.8 Å². The summed E-state index contributed by atoms with van der Waals surface area (Å²) in [5.74, 6) is 2.78. The van der Waals surface area contributed by atoms with Crippen molar-refractivity contribution in [1.29, 1.82) is 0 Å². The van der Waals surface area contributed by atoms with Crippen LogP contribution >= 0.6 is 35.6 Å². The van der Waals surface area contributed by atoms with E-state index in [1.807, 2.05) is 6.07 Å². The average molecular weight is 449 g/mol. The van der Waals surface area contributed by atoms with E-state index in [1.54, 1.807) is 19.2 Å². The molecular weight excluding hydrogens is 431 g/mol. The first-order chi connectivity index (χ1) is 10.7. The Balaban J connectivity index is 0.00000192. The Bertz CT molecular complexity index is 717. The van der Waals surface area contributed by atoms with Gasteiger partial charge in [-0.15, -0.1) is 34.2 Å². The van der Waals surface area contributed by atoms with Gasteiger partial charge in [-0.25, -0.2) is 4.99 Å². The molecule has 2 heterocycles. The Morgan fingerprint density at radius 3 is 3.04 bits per heavy atom. The molecule has 1 aliphatic rings. The molecular formula is C14H18ClIN6O. The van der Waals surface area contributed by atoms with Crippen LogP contribution in [0.15, 0.2) is 23.2 Å². The van der Waals surface area contributed by atoms with E-state index < -0.39 is 0 Å². The van der Waals surface area contributed by atoms with Gasteiger partial charge < -0.3 is 20.4 Å². The number of nitrogens with zero attached hydrogens (tertiary/aromatic N) is 4. The number of benzene rings is 1.